The number of fused-ring (bicyclic) bond motifs is 2. The Bertz CT molecular complexity index is 543. The Hall–Kier alpha value is -1.14. The summed E-state index contributed by atoms with van der Waals surface area (Å²) in [5.74, 6) is 1.97. The first kappa shape index (κ1) is 13.5. The second kappa shape index (κ2) is 5.25. The highest BCUT2D eigenvalue weighted by atomic mass is 32.1. The summed E-state index contributed by atoms with van der Waals surface area (Å²) in [6.45, 7) is 0.176. The van der Waals surface area contributed by atoms with Crippen molar-refractivity contribution in [3.63, 3.8) is 0 Å². The second-order valence-corrected chi connectivity index (χ2v) is 7.51. The van der Waals surface area contributed by atoms with Crippen LogP contribution in [0.1, 0.15) is 43.7 Å². The Morgan fingerprint density at radius 2 is 2.14 bits per heavy atom. The number of carbonyl (C=O) groups is 1. The molecule has 0 aromatic carbocycles. The van der Waals surface area contributed by atoms with Crippen LogP contribution < -0.4 is 10.6 Å². The molecule has 4 unspecified atom stereocenters. The molecule has 21 heavy (non-hydrogen) atoms. The minimum absolute atomic E-state index is 0.122. The molecule has 3 aliphatic rings. The Balaban J connectivity index is 1.36. The lowest BCUT2D eigenvalue weighted by Gasteiger charge is -2.30. The van der Waals surface area contributed by atoms with Crippen LogP contribution in [0.5, 0.6) is 0 Å². The van der Waals surface area contributed by atoms with Gasteiger partial charge in [0.15, 0.2) is 5.13 Å². The zero-order valence-corrected chi connectivity index (χ0v) is 12.7. The Labute approximate surface area is 128 Å². The topological polar surface area (TPSA) is 74.2 Å². The summed E-state index contributed by atoms with van der Waals surface area (Å²) in [6, 6.07) is -0.0562. The third-order valence-corrected chi connectivity index (χ3v) is 6.11. The van der Waals surface area contributed by atoms with Gasteiger partial charge in [-0.3, -0.25) is 5.32 Å². The summed E-state index contributed by atoms with van der Waals surface area (Å²) >= 11 is 1.49. The first-order valence-corrected chi connectivity index (χ1v) is 8.76. The number of nitrogens with zero attached hydrogens (tertiary/aromatic N) is 1. The quantitative estimate of drug-likeness (QED) is 0.800. The smallest absolute Gasteiger partial charge is 0.321 e. The van der Waals surface area contributed by atoms with Crippen LogP contribution in [-0.4, -0.2) is 28.8 Å². The number of thiazole rings is 1. The van der Waals surface area contributed by atoms with Crippen molar-refractivity contribution in [2.75, 3.05) is 11.9 Å². The largest absolute Gasteiger partial charge is 0.396 e. The number of aliphatic hydroxyl groups excluding tert-OH is 1. The van der Waals surface area contributed by atoms with Gasteiger partial charge in [-0.15, -0.1) is 11.3 Å². The number of nitrogens with one attached hydrogen (secondary N) is 2. The van der Waals surface area contributed by atoms with Gasteiger partial charge in [-0.1, -0.05) is 0 Å². The van der Waals surface area contributed by atoms with Crippen molar-refractivity contribution in [3.8, 4) is 0 Å². The van der Waals surface area contributed by atoms with Gasteiger partial charge in [-0.05, 0) is 43.9 Å². The van der Waals surface area contributed by atoms with Crippen molar-refractivity contribution in [1.29, 1.82) is 0 Å². The van der Waals surface area contributed by atoms with Crippen LogP contribution in [0.4, 0.5) is 9.93 Å². The number of hydrogen-bond donors (Lipinski definition) is 3. The van der Waals surface area contributed by atoms with E-state index in [1.54, 1.807) is 0 Å². The third-order valence-electron chi connectivity index (χ3n) is 5.34. The lowest BCUT2D eigenvalue weighted by molar-refractivity contribution is 0.146. The molecular formula is C15H21N3O2S. The fraction of sp³-hybridized carbons (Fsp3) is 0.733. The molecule has 1 aromatic heterocycles. The lowest BCUT2D eigenvalue weighted by atomic mass is 9.85. The molecule has 0 spiro atoms. The van der Waals surface area contributed by atoms with E-state index in [1.165, 1.54) is 37.0 Å². The number of rotatable bonds is 4. The third kappa shape index (κ3) is 2.55. The molecule has 0 radical (unpaired) electrons. The van der Waals surface area contributed by atoms with Crippen molar-refractivity contribution in [2.45, 2.75) is 44.1 Å². The van der Waals surface area contributed by atoms with E-state index in [-0.39, 0.29) is 24.6 Å². The number of aromatic nitrogens is 1. The molecule has 6 heteroatoms. The first-order chi connectivity index (χ1) is 10.2. The van der Waals surface area contributed by atoms with Crippen LogP contribution >= 0.6 is 11.3 Å². The number of hydrogen-bond acceptors (Lipinski definition) is 4. The second-order valence-electron chi connectivity index (χ2n) is 6.66. The maximum Gasteiger partial charge on any atom is 0.321 e. The average molecular weight is 307 g/mol. The molecule has 0 aliphatic heterocycles. The highest BCUT2D eigenvalue weighted by molar-refractivity contribution is 7.13. The first-order valence-electron chi connectivity index (χ1n) is 7.88. The van der Waals surface area contributed by atoms with Gasteiger partial charge < -0.3 is 10.4 Å². The molecule has 1 heterocycles. The summed E-state index contributed by atoms with van der Waals surface area (Å²) in [5.41, 5.74) is 1.11. The maximum atomic E-state index is 12.2. The van der Waals surface area contributed by atoms with Crippen molar-refractivity contribution in [2.24, 2.45) is 17.8 Å². The van der Waals surface area contributed by atoms with Crippen LogP contribution in [0.15, 0.2) is 5.38 Å². The van der Waals surface area contributed by atoms with Crippen LogP contribution in [0.2, 0.25) is 0 Å². The summed E-state index contributed by atoms with van der Waals surface area (Å²) in [7, 11) is 0. The van der Waals surface area contributed by atoms with Crippen molar-refractivity contribution < 1.29 is 9.90 Å². The van der Waals surface area contributed by atoms with Crippen molar-refractivity contribution in [1.82, 2.24) is 10.3 Å². The van der Waals surface area contributed by atoms with Crippen LogP contribution in [0, 0.1) is 17.8 Å². The molecule has 3 aliphatic carbocycles. The molecule has 3 saturated carbocycles. The van der Waals surface area contributed by atoms with Gasteiger partial charge >= 0.3 is 6.03 Å². The molecule has 2 bridgehead atoms. The monoisotopic (exact) mass is 307 g/mol. The number of aliphatic hydroxyl groups is 1. The predicted octanol–water partition coefficient (Wildman–Crippen LogP) is 2.55. The zero-order chi connectivity index (χ0) is 14.4. The van der Waals surface area contributed by atoms with Crippen LogP contribution in [-0.2, 0) is 0 Å². The predicted molar refractivity (Wildman–Crippen MR) is 81.4 cm³/mol. The van der Waals surface area contributed by atoms with E-state index in [0.717, 1.165) is 12.1 Å². The minimum atomic E-state index is -0.178. The van der Waals surface area contributed by atoms with E-state index in [1.807, 2.05) is 5.38 Å². The number of carbonyl (C=O) groups excluding carboxylic acids is 1. The van der Waals surface area contributed by atoms with E-state index in [9.17, 15) is 9.90 Å². The van der Waals surface area contributed by atoms with Crippen LogP contribution in [0.3, 0.4) is 0 Å². The van der Waals surface area contributed by atoms with Gasteiger partial charge in [0.2, 0.25) is 0 Å². The Kier molecular flexibility index (Phi) is 3.38. The average Bonchev–Trinajstić information content (AvgIpc) is 2.92. The van der Waals surface area contributed by atoms with E-state index < -0.39 is 0 Å². The molecule has 4 rings (SSSR count). The number of amides is 2. The van der Waals surface area contributed by atoms with Gasteiger partial charge in [0.25, 0.3) is 0 Å². The SMILES string of the molecule is O=C(Nc1nc(C2CC2)cs1)NC1C2CCC(C2)C1CO. The molecule has 0 saturated heterocycles. The fourth-order valence-corrected chi connectivity index (χ4v) is 4.88. The summed E-state index contributed by atoms with van der Waals surface area (Å²) in [6.07, 6.45) is 5.97. The molecule has 2 amide bonds. The van der Waals surface area contributed by atoms with Gasteiger partial charge in [0, 0.05) is 29.9 Å². The zero-order valence-electron chi connectivity index (χ0n) is 11.9. The number of anilines is 1. The molecule has 5 nitrogen and oxygen atoms in total. The standard InChI is InChI=1S/C15H21N3O2S/c19-6-11-9-3-4-10(5-9)13(11)17-14(20)18-15-16-12(7-21-15)8-1-2-8/h7-11,13,19H,1-6H2,(H2,16,17,18,20). The van der Waals surface area contributed by atoms with Gasteiger partial charge in [0.05, 0.1) is 5.69 Å². The fourth-order valence-electron chi connectivity index (χ4n) is 4.09. The summed E-state index contributed by atoms with van der Waals surface area (Å²) in [4.78, 5) is 16.6. The molecule has 3 N–H and O–H groups in total. The van der Waals surface area contributed by atoms with Gasteiger partial charge in [-0.25, -0.2) is 9.78 Å². The van der Waals surface area contributed by atoms with E-state index >= 15 is 0 Å². The molecule has 114 valence electrons. The molecule has 1 aromatic rings. The molecule has 4 atom stereocenters. The highest BCUT2D eigenvalue weighted by Crippen LogP contribution is 2.48. The number of urea groups is 1. The van der Waals surface area contributed by atoms with Crippen LogP contribution in [0.25, 0.3) is 0 Å². The van der Waals surface area contributed by atoms with Gasteiger partial charge in [-0.2, -0.15) is 0 Å². The van der Waals surface area contributed by atoms with Crippen molar-refractivity contribution in [3.05, 3.63) is 11.1 Å². The highest BCUT2D eigenvalue weighted by Gasteiger charge is 2.47. The van der Waals surface area contributed by atoms with E-state index in [2.05, 4.69) is 15.6 Å². The van der Waals surface area contributed by atoms with Crippen molar-refractivity contribution >= 4 is 22.5 Å². The summed E-state index contributed by atoms with van der Waals surface area (Å²) < 4.78 is 0. The Morgan fingerprint density at radius 1 is 1.33 bits per heavy atom. The minimum Gasteiger partial charge on any atom is -0.396 e. The summed E-state index contributed by atoms with van der Waals surface area (Å²) in [5, 5.41) is 18.2. The Morgan fingerprint density at radius 3 is 2.90 bits per heavy atom. The maximum absolute atomic E-state index is 12.2. The van der Waals surface area contributed by atoms with Gasteiger partial charge in [0.1, 0.15) is 0 Å². The molecular weight excluding hydrogens is 286 g/mol. The van der Waals surface area contributed by atoms with E-state index in [0.29, 0.717) is 22.9 Å². The van der Waals surface area contributed by atoms with E-state index in [4.69, 9.17) is 0 Å². The molecule has 3 fully saturated rings. The lowest BCUT2D eigenvalue weighted by Crippen LogP contribution is -2.46. The normalized spacial score (nSPS) is 34.1.